The van der Waals surface area contributed by atoms with Gasteiger partial charge in [-0.3, -0.25) is 0 Å². The van der Waals surface area contributed by atoms with Crippen molar-refractivity contribution in [2.45, 2.75) is 10.2 Å². The monoisotopic (exact) mass is 350 g/mol. The minimum Gasteiger partial charge on any atom is -0.143 e. The van der Waals surface area contributed by atoms with Crippen LogP contribution in [0.15, 0.2) is 26.9 Å². The molecule has 1 aromatic heterocycles. The number of alkyl halides is 1. The number of rotatable bonds is 2. The van der Waals surface area contributed by atoms with Gasteiger partial charge in [-0.1, -0.05) is 22.0 Å². The highest BCUT2D eigenvalue weighted by Crippen LogP contribution is 2.39. The van der Waals surface area contributed by atoms with E-state index in [1.165, 1.54) is 25.0 Å². The summed E-state index contributed by atoms with van der Waals surface area (Å²) in [6, 6.07) is 4.36. The average molecular weight is 352 g/mol. The van der Waals surface area contributed by atoms with Crippen molar-refractivity contribution in [3.8, 4) is 0 Å². The third-order valence-corrected chi connectivity index (χ3v) is 5.46. The Labute approximate surface area is 108 Å². The Morgan fingerprint density at radius 3 is 2.86 bits per heavy atom. The van der Waals surface area contributed by atoms with Crippen LogP contribution in [-0.2, 0) is 5.33 Å². The minimum absolute atomic E-state index is 0.896. The molecule has 0 unspecified atom stereocenters. The lowest BCUT2D eigenvalue weighted by atomic mass is 10.2. The second kappa shape index (κ2) is 4.56. The van der Waals surface area contributed by atoms with Crippen LogP contribution in [0.5, 0.6) is 0 Å². The Morgan fingerprint density at radius 1 is 1.43 bits per heavy atom. The molecular formula is C10H8Br2S2. The third kappa shape index (κ3) is 1.77. The van der Waals surface area contributed by atoms with E-state index in [1.807, 2.05) is 0 Å². The van der Waals surface area contributed by atoms with Gasteiger partial charge in [-0.05, 0) is 33.8 Å². The SMILES string of the molecule is CSc1csc2ccc(CBr)c(Br)c12. The molecule has 0 saturated heterocycles. The molecule has 0 spiro atoms. The van der Waals surface area contributed by atoms with Gasteiger partial charge in [0.1, 0.15) is 0 Å². The smallest absolute Gasteiger partial charge is 0.0365 e. The first kappa shape index (κ1) is 11.0. The molecular weight excluding hydrogens is 344 g/mol. The predicted molar refractivity (Wildman–Crippen MR) is 73.9 cm³/mol. The average Bonchev–Trinajstić information content (AvgIpc) is 2.62. The van der Waals surface area contributed by atoms with E-state index in [0.29, 0.717) is 0 Å². The number of halogens is 2. The zero-order valence-electron chi connectivity index (χ0n) is 7.51. The molecule has 2 aromatic rings. The van der Waals surface area contributed by atoms with Crippen LogP contribution in [0.25, 0.3) is 10.1 Å². The molecule has 0 atom stereocenters. The van der Waals surface area contributed by atoms with Crippen LogP contribution in [0.3, 0.4) is 0 Å². The summed E-state index contributed by atoms with van der Waals surface area (Å²) in [6.07, 6.45) is 2.12. The lowest BCUT2D eigenvalue weighted by Gasteiger charge is -2.03. The lowest BCUT2D eigenvalue weighted by molar-refractivity contribution is 1.42. The van der Waals surface area contributed by atoms with Crippen LogP contribution < -0.4 is 0 Å². The maximum atomic E-state index is 3.68. The molecule has 0 radical (unpaired) electrons. The van der Waals surface area contributed by atoms with Gasteiger partial charge in [-0.15, -0.1) is 23.1 Å². The second-order valence-electron chi connectivity index (χ2n) is 2.85. The molecule has 1 heterocycles. The topological polar surface area (TPSA) is 0 Å². The van der Waals surface area contributed by atoms with Crippen molar-refractivity contribution < 1.29 is 0 Å². The van der Waals surface area contributed by atoms with Gasteiger partial charge in [-0.2, -0.15) is 0 Å². The molecule has 1 aromatic carbocycles. The Morgan fingerprint density at radius 2 is 2.21 bits per heavy atom. The van der Waals surface area contributed by atoms with Crippen molar-refractivity contribution >= 4 is 65.0 Å². The van der Waals surface area contributed by atoms with Crippen molar-refractivity contribution in [2.24, 2.45) is 0 Å². The fourth-order valence-corrected chi connectivity index (χ4v) is 5.00. The van der Waals surface area contributed by atoms with E-state index in [-0.39, 0.29) is 0 Å². The summed E-state index contributed by atoms with van der Waals surface area (Å²) in [5.41, 5.74) is 1.31. The van der Waals surface area contributed by atoms with Gasteiger partial charge < -0.3 is 0 Å². The van der Waals surface area contributed by atoms with E-state index < -0.39 is 0 Å². The summed E-state index contributed by atoms with van der Waals surface area (Å²) < 4.78 is 2.59. The largest absolute Gasteiger partial charge is 0.143 e. The quantitative estimate of drug-likeness (QED) is 0.523. The molecule has 74 valence electrons. The van der Waals surface area contributed by atoms with Gasteiger partial charge in [0.2, 0.25) is 0 Å². The van der Waals surface area contributed by atoms with E-state index >= 15 is 0 Å². The highest BCUT2D eigenvalue weighted by atomic mass is 79.9. The van der Waals surface area contributed by atoms with Crippen LogP contribution in [0.4, 0.5) is 0 Å². The zero-order chi connectivity index (χ0) is 10.1. The standard InChI is InChI=1S/C10H8Br2S2/c1-13-8-5-14-7-3-2-6(4-11)10(12)9(7)8/h2-3,5H,4H2,1H3. The molecule has 4 heteroatoms. The summed E-state index contributed by atoms with van der Waals surface area (Å²) in [4.78, 5) is 1.36. The predicted octanol–water partition coefficient (Wildman–Crippen LogP) is 5.28. The van der Waals surface area contributed by atoms with E-state index in [2.05, 4.69) is 55.6 Å². The summed E-state index contributed by atoms with van der Waals surface area (Å²) in [5.74, 6) is 0. The first-order valence-electron chi connectivity index (χ1n) is 4.06. The highest BCUT2D eigenvalue weighted by Gasteiger charge is 2.09. The molecule has 0 N–H and O–H groups in total. The summed E-state index contributed by atoms with van der Waals surface area (Å²) in [7, 11) is 0. The Kier molecular flexibility index (Phi) is 3.58. The van der Waals surface area contributed by atoms with Crippen molar-refractivity contribution in [1.29, 1.82) is 0 Å². The molecule has 14 heavy (non-hydrogen) atoms. The summed E-state index contributed by atoms with van der Waals surface area (Å²) in [6.45, 7) is 0. The fraction of sp³-hybridized carbons (Fsp3) is 0.200. The molecule has 0 amide bonds. The maximum absolute atomic E-state index is 3.68. The number of hydrogen-bond acceptors (Lipinski definition) is 2. The van der Waals surface area contributed by atoms with E-state index in [1.54, 1.807) is 23.1 Å². The van der Waals surface area contributed by atoms with Crippen molar-refractivity contribution in [1.82, 2.24) is 0 Å². The van der Waals surface area contributed by atoms with Gasteiger partial charge in [0.05, 0.1) is 0 Å². The molecule has 0 aliphatic heterocycles. The van der Waals surface area contributed by atoms with Crippen molar-refractivity contribution in [3.63, 3.8) is 0 Å². The first-order chi connectivity index (χ1) is 6.77. The first-order valence-corrected chi connectivity index (χ1v) is 8.08. The fourth-order valence-electron chi connectivity index (χ4n) is 1.36. The van der Waals surface area contributed by atoms with Crippen LogP contribution >= 0.6 is 55.0 Å². The summed E-state index contributed by atoms with van der Waals surface area (Å²) >= 11 is 10.8. The molecule has 0 saturated carbocycles. The number of fused-ring (bicyclic) bond motifs is 1. The van der Waals surface area contributed by atoms with E-state index in [0.717, 1.165) is 5.33 Å². The van der Waals surface area contributed by atoms with E-state index in [4.69, 9.17) is 0 Å². The maximum Gasteiger partial charge on any atom is 0.0365 e. The van der Waals surface area contributed by atoms with Crippen LogP contribution in [0.1, 0.15) is 5.56 Å². The van der Waals surface area contributed by atoms with Crippen molar-refractivity contribution in [2.75, 3.05) is 6.26 Å². The molecule has 0 bridgehead atoms. The Bertz CT molecular complexity index is 462. The van der Waals surface area contributed by atoms with Gasteiger partial charge in [0.15, 0.2) is 0 Å². The van der Waals surface area contributed by atoms with Crippen LogP contribution in [0.2, 0.25) is 0 Å². The minimum atomic E-state index is 0.896. The molecule has 0 aliphatic rings. The molecule has 0 nitrogen and oxygen atoms in total. The Balaban J connectivity index is 2.77. The van der Waals surface area contributed by atoms with Crippen LogP contribution in [-0.4, -0.2) is 6.26 Å². The number of thioether (sulfide) groups is 1. The highest BCUT2D eigenvalue weighted by molar-refractivity contribution is 9.11. The number of hydrogen-bond donors (Lipinski definition) is 0. The van der Waals surface area contributed by atoms with Gasteiger partial charge >= 0.3 is 0 Å². The van der Waals surface area contributed by atoms with Gasteiger partial charge in [0, 0.05) is 30.2 Å². The number of benzene rings is 1. The summed E-state index contributed by atoms with van der Waals surface area (Å²) in [5, 5.41) is 4.48. The van der Waals surface area contributed by atoms with Crippen molar-refractivity contribution in [3.05, 3.63) is 27.5 Å². The van der Waals surface area contributed by atoms with Crippen LogP contribution in [0, 0.1) is 0 Å². The zero-order valence-corrected chi connectivity index (χ0v) is 12.3. The van der Waals surface area contributed by atoms with Gasteiger partial charge in [0.25, 0.3) is 0 Å². The lowest BCUT2D eigenvalue weighted by Crippen LogP contribution is -1.80. The molecule has 0 aliphatic carbocycles. The second-order valence-corrected chi connectivity index (χ2v) is 5.96. The number of thiophene rings is 1. The molecule has 2 rings (SSSR count). The third-order valence-electron chi connectivity index (χ3n) is 2.09. The molecule has 0 fully saturated rings. The van der Waals surface area contributed by atoms with Gasteiger partial charge in [-0.25, -0.2) is 0 Å². The Hall–Kier alpha value is 0.490. The van der Waals surface area contributed by atoms with E-state index in [9.17, 15) is 0 Å². The normalized spacial score (nSPS) is 11.1.